The first-order valence-electron chi connectivity index (χ1n) is 3.94. The normalized spacial score (nSPS) is 24.5. The van der Waals surface area contributed by atoms with Crippen LogP contribution in [-0.2, 0) is 4.74 Å². The second-order valence-corrected chi connectivity index (χ2v) is 3.52. The summed E-state index contributed by atoms with van der Waals surface area (Å²) in [6, 6.07) is 0. The van der Waals surface area contributed by atoms with E-state index in [2.05, 4.69) is 24.7 Å². The van der Waals surface area contributed by atoms with Crippen molar-refractivity contribution in [2.24, 2.45) is 0 Å². The van der Waals surface area contributed by atoms with Crippen molar-refractivity contribution in [2.75, 3.05) is 26.2 Å². The van der Waals surface area contributed by atoms with Gasteiger partial charge in [0, 0.05) is 13.1 Å². The largest absolute Gasteiger partial charge is 0.373 e. The number of hydrogen-bond donors (Lipinski definition) is 0. The summed E-state index contributed by atoms with van der Waals surface area (Å²) in [5.41, 5.74) is -0.0188. The molecule has 0 aliphatic carbocycles. The lowest BCUT2D eigenvalue weighted by Gasteiger charge is -2.37. The fraction of sp³-hybridized carbons (Fsp3) is 0.778. The summed E-state index contributed by atoms with van der Waals surface area (Å²) in [5.74, 6) is 2.65. The molecule has 11 heavy (non-hydrogen) atoms. The van der Waals surface area contributed by atoms with E-state index in [4.69, 9.17) is 11.2 Å². The number of ether oxygens (including phenoxy) is 1. The third-order valence-corrected chi connectivity index (χ3v) is 1.82. The highest BCUT2D eigenvalue weighted by Gasteiger charge is 2.26. The van der Waals surface area contributed by atoms with Crippen LogP contribution in [0.4, 0.5) is 0 Å². The lowest BCUT2D eigenvalue weighted by atomic mass is 10.1. The number of nitrogens with zero attached hydrogens (tertiary/aromatic N) is 1. The van der Waals surface area contributed by atoms with Crippen molar-refractivity contribution in [3.8, 4) is 12.3 Å². The fourth-order valence-corrected chi connectivity index (χ4v) is 1.38. The molecule has 0 spiro atoms. The van der Waals surface area contributed by atoms with Crippen molar-refractivity contribution in [3.63, 3.8) is 0 Å². The number of terminal acetylenes is 1. The van der Waals surface area contributed by atoms with Crippen LogP contribution >= 0.6 is 0 Å². The van der Waals surface area contributed by atoms with Crippen molar-refractivity contribution < 1.29 is 4.74 Å². The molecule has 0 N–H and O–H groups in total. The molecule has 1 saturated heterocycles. The van der Waals surface area contributed by atoms with Gasteiger partial charge in [-0.1, -0.05) is 5.92 Å². The highest BCUT2D eigenvalue weighted by Crippen LogP contribution is 2.15. The zero-order chi connectivity index (χ0) is 8.32. The molecule has 1 heterocycles. The molecule has 0 atom stereocenters. The second kappa shape index (κ2) is 3.25. The average molecular weight is 153 g/mol. The molecule has 1 fully saturated rings. The van der Waals surface area contributed by atoms with Gasteiger partial charge in [0.25, 0.3) is 0 Å². The molecule has 1 rings (SSSR count). The van der Waals surface area contributed by atoms with Gasteiger partial charge in [-0.2, -0.15) is 0 Å². The second-order valence-electron chi connectivity index (χ2n) is 3.52. The van der Waals surface area contributed by atoms with E-state index in [0.29, 0.717) is 0 Å². The van der Waals surface area contributed by atoms with Gasteiger partial charge in [-0.25, -0.2) is 0 Å². The SMILES string of the molecule is C#CCN1CCOC(C)(C)C1. The molecular weight excluding hydrogens is 138 g/mol. The maximum absolute atomic E-state index is 5.53. The Morgan fingerprint density at radius 1 is 1.64 bits per heavy atom. The van der Waals surface area contributed by atoms with Gasteiger partial charge in [-0.05, 0) is 13.8 Å². The molecular formula is C9H15NO. The van der Waals surface area contributed by atoms with Gasteiger partial charge < -0.3 is 4.74 Å². The minimum atomic E-state index is -0.0188. The maximum atomic E-state index is 5.53. The van der Waals surface area contributed by atoms with Gasteiger partial charge in [-0.3, -0.25) is 4.90 Å². The molecule has 2 nitrogen and oxygen atoms in total. The van der Waals surface area contributed by atoms with E-state index in [1.165, 1.54) is 0 Å². The molecule has 0 unspecified atom stereocenters. The molecule has 0 radical (unpaired) electrons. The molecule has 0 aromatic heterocycles. The molecule has 62 valence electrons. The van der Waals surface area contributed by atoms with E-state index in [-0.39, 0.29) is 5.60 Å². The minimum Gasteiger partial charge on any atom is -0.373 e. The van der Waals surface area contributed by atoms with Gasteiger partial charge in [0.1, 0.15) is 0 Å². The molecule has 0 saturated carbocycles. The fourth-order valence-electron chi connectivity index (χ4n) is 1.38. The predicted molar refractivity (Wildman–Crippen MR) is 45.3 cm³/mol. The van der Waals surface area contributed by atoms with Crippen LogP contribution in [0.1, 0.15) is 13.8 Å². The zero-order valence-electron chi connectivity index (χ0n) is 7.26. The van der Waals surface area contributed by atoms with Crippen LogP contribution in [-0.4, -0.2) is 36.7 Å². The Balaban J connectivity index is 2.41. The van der Waals surface area contributed by atoms with Crippen LogP contribution in [0.25, 0.3) is 0 Å². The molecule has 1 aliphatic rings. The summed E-state index contributed by atoms with van der Waals surface area (Å²) in [4.78, 5) is 2.24. The van der Waals surface area contributed by atoms with Gasteiger partial charge in [0.05, 0.1) is 18.8 Å². The average Bonchev–Trinajstić information content (AvgIpc) is 1.85. The molecule has 0 aromatic rings. The van der Waals surface area contributed by atoms with Crippen molar-refractivity contribution in [2.45, 2.75) is 19.4 Å². The molecule has 0 aromatic carbocycles. The Morgan fingerprint density at radius 3 is 2.91 bits per heavy atom. The smallest absolute Gasteiger partial charge is 0.0753 e. The summed E-state index contributed by atoms with van der Waals surface area (Å²) in [5, 5.41) is 0. The van der Waals surface area contributed by atoms with E-state index in [1.54, 1.807) is 0 Å². The Labute approximate surface area is 68.5 Å². The molecule has 0 bridgehead atoms. The zero-order valence-corrected chi connectivity index (χ0v) is 7.26. The molecule has 0 amide bonds. The van der Waals surface area contributed by atoms with Crippen LogP contribution in [0.15, 0.2) is 0 Å². The van der Waals surface area contributed by atoms with E-state index in [0.717, 1.165) is 26.2 Å². The van der Waals surface area contributed by atoms with E-state index in [9.17, 15) is 0 Å². The quantitative estimate of drug-likeness (QED) is 0.515. The highest BCUT2D eigenvalue weighted by molar-refractivity contribution is 4.91. The third-order valence-electron chi connectivity index (χ3n) is 1.82. The maximum Gasteiger partial charge on any atom is 0.0753 e. The summed E-state index contributed by atoms with van der Waals surface area (Å²) < 4.78 is 5.53. The van der Waals surface area contributed by atoms with Gasteiger partial charge >= 0.3 is 0 Å². The van der Waals surface area contributed by atoms with E-state index >= 15 is 0 Å². The lowest BCUT2D eigenvalue weighted by Crippen LogP contribution is -2.48. The Bertz CT molecular complexity index is 169. The third kappa shape index (κ3) is 2.53. The van der Waals surface area contributed by atoms with Crippen LogP contribution in [0, 0.1) is 12.3 Å². The monoisotopic (exact) mass is 153 g/mol. The summed E-state index contributed by atoms with van der Waals surface area (Å²) >= 11 is 0. The summed E-state index contributed by atoms with van der Waals surface area (Å²) in [6.07, 6.45) is 5.22. The van der Waals surface area contributed by atoms with Crippen LogP contribution in [0.3, 0.4) is 0 Å². The Morgan fingerprint density at radius 2 is 2.36 bits per heavy atom. The Kier molecular flexibility index (Phi) is 2.53. The van der Waals surface area contributed by atoms with Crippen LogP contribution < -0.4 is 0 Å². The van der Waals surface area contributed by atoms with Crippen molar-refractivity contribution >= 4 is 0 Å². The summed E-state index contributed by atoms with van der Waals surface area (Å²) in [7, 11) is 0. The van der Waals surface area contributed by atoms with Crippen LogP contribution in [0.2, 0.25) is 0 Å². The number of morpholine rings is 1. The first kappa shape index (κ1) is 8.58. The predicted octanol–water partition coefficient (Wildman–Crippen LogP) is 0.730. The molecule has 1 aliphatic heterocycles. The van der Waals surface area contributed by atoms with Gasteiger partial charge in [0.15, 0.2) is 0 Å². The highest BCUT2D eigenvalue weighted by atomic mass is 16.5. The minimum absolute atomic E-state index is 0.0188. The van der Waals surface area contributed by atoms with Gasteiger partial charge in [0.2, 0.25) is 0 Å². The van der Waals surface area contributed by atoms with Crippen molar-refractivity contribution in [3.05, 3.63) is 0 Å². The number of hydrogen-bond acceptors (Lipinski definition) is 2. The first-order chi connectivity index (χ1) is 5.14. The van der Waals surface area contributed by atoms with Crippen LogP contribution in [0.5, 0.6) is 0 Å². The van der Waals surface area contributed by atoms with E-state index < -0.39 is 0 Å². The standard InChI is InChI=1S/C9H15NO/c1-4-5-10-6-7-11-9(2,3)8-10/h1H,5-8H2,2-3H3. The first-order valence-corrected chi connectivity index (χ1v) is 3.94. The Hall–Kier alpha value is -0.520. The van der Waals surface area contributed by atoms with E-state index in [1.807, 2.05) is 0 Å². The van der Waals surface area contributed by atoms with Crippen molar-refractivity contribution in [1.82, 2.24) is 4.90 Å². The molecule has 2 heteroatoms. The number of rotatable bonds is 1. The lowest BCUT2D eigenvalue weighted by molar-refractivity contribution is -0.0824. The summed E-state index contributed by atoms with van der Waals surface area (Å²) in [6.45, 7) is 7.64. The topological polar surface area (TPSA) is 12.5 Å². The van der Waals surface area contributed by atoms with Gasteiger partial charge in [-0.15, -0.1) is 6.42 Å². The van der Waals surface area contributed by atoms with Crippen molar-refractivity contribution in [1.29, 1.82) is 0 Å².